The number of amides is 1. The van der Waals surface area contributed by atoms with E-state index in [4.69, 9.17) is 8.83 Å². The van der Waals surface area contributed by atoms with Gasteiger partial charge in [0.2, 0.25) is 5.91 Å². The standard InChI is InChI=1S/C32H35NO5/c1-19-24(12-13-27(34)33-16-15-32(36)14-8-7-11-23(32)18-33)31(35)38-29-20(2)30-26(17-25(19)29)28(21(3)37-30)22-9-5-4-6-10-22/h4-6,9-10,17,23,36H,7-8,11-16,18H2,1-3H3/t23-,32-/m1/s1. The lowest BCUT2D eigenvalue weighted by atomic mass is 9.71. The maximum Gasteiger partial charge on any atom is 0.339 e. The van der Waals surface area contributed by atoms with E-state index in [1.807, 2.05) is 43.9 Å². The van der Waals surface area contributed by atoms with E-state index < -0.39 is 11.2 Å². The number of benzene rings is 2. The summed E-state index contributed by atoms with van der Waals surface area (Å²) >= 11 is 0. The second-order valence-electron chi connectivity index (χ2n) is 11.3. The Balaban J connectivity index is 1.31. The summed E-state index contributed by atoms with van der Waals surface area (Å²) in [6, 6.07) is 12.2. The lowest BCUT2D eigenvalue weighted by molar-refractivity contribution is -0.143. The van der Waals surface area contributed by atoms with Crippen LogP contribution in [-0.4, -0.2) is 34.6 Å². The number of furan rings is 1. The average molecular weight is 514 g/mol. The predicted molar refractivity (Wildman–Crippen MR) is 148 cm³/mol. The molecule has 1 N–H and O–H groups in total. The van der Waals surface area contributed by atoms with Crippen molar-refractivity contribution in [3.05, 3.63) is 69.3 Å². The normalized spacial score (nSPS) is 21.7. The minimum Gasteiger partial charge on any atom is -0.460 e. The highest BCUT2D eigenvalue weighted by molar-refractivity contribution is 6.05. The highest BCUT2D eigenvalue weighted by Crippen LogP contribution is 2.41. The van der Waals surface area contributed by atoms with Gasteiger partial charge in [-0.1, -0.05) is 43.2 Å². The summed E-state index contributed by atoms with van der Waals surface area (Å²) in [5, 5.41) is 12.8. The largest absolute Gasteiger partial charge is 0.460 e. The molecule has 4 aromatic rings. The minimum absolute atomic E-state index is 0.0416. The molecule has 198 valence electrons. The molecule has 1 saturated heterocycles. The van der Waals surface area contributed by atoms with Crippen LogP contribution in [0.5, 0.6) is 0 Å². The Morgan fingerprint density at radius 2 is 1.79 bits per heavy atom. The van der Waals surface area contributed by atoms with Crippen LogP contribution in [0.4, 0.5) is 0 Å². The first-order valence-electron chi connectivity index (χ1n) is 13.8. The molecular weight excluding hydrogens is 478 g/mol. The van der Waals surface area contributed by atoms with Gasteiger partial charge < -0.3 is 18.8 Å². The zero-order chi connectivity index (χ0) is 26.6. The monoisotopic (exact) mass is 513 g/mol. The molecule has 6 rings (SSSR count). The van der Waals surface area contributed by atoms with Crippen molar-refractivity contribution in [3.63, 3.8) is 0 Å². The molecule has 0 radical (unpaired) electrons. The van der Waals surface area contributed by atoms with Crippen LogP contribution >= 0.6 is 0 Å². The molecule has 2 atom stereocenters. The van der Waals surface area contributed by atoms with Crippen molar-refractivity contribution in [1.82, 2.24) is 4.90 Å². The smallest absolute Gasteiger partial charge is 0.339 e. The number of hydrogen-bond donors (Lipinski definition) is 1. The summed E-state index contributed by atoms with van der Waals surface area (Å²) in [6.45, 7) is 7.02. The van der Waals surface area contributed by atoms with E-state index in [9.17, 15) is 14.7 Å². The lowest BCUT2D eigenvalue weighted by Crippen LogP contribution is -2.54. The number of carbonyl (C=O) groups is 1. The number of piperidine rings is 1. The summed E-state index contributed by atoms with van der Waals surface area (Å²) in [6.07, 6.45) is 5.22. The van der Waals surface area contributed by atoms with Crippen LogP contribution in [-0.2, 0) is 11.2 Å². The van der Waals surface area contributed by atoms with Crippen molar-refractivity contribution >= 4 is 27.8 Å². The minimum atomic E-state index is -0.613. The van der Waals surface area contributed by atoms with E-state index in [2.05, 4.69) is 18.2 Å². The highest BCUT2D eigenvalue weighted by atomic mass is 16.4. The molecule has 1 saturated carbocycles. The third kappa shape index (κ3) is 4.06. The first-order chi connectivity index (χ1) is 18.3. The Hall–Kier alpha value is -3.38. The Morgan fingerprint density at radius 1 is 1.03 bits per heavy atom. The molecule has 0 bridgehead atoms. The van der Waals surface area contributed by atoms with Crippen molar-refractivity contribution in [2.75, 3.05) is 13.1 Å². The molecular formula is C32H35NO5. The number of rotatable bonds is 4. The number of fused-ring (bicyclic) bond motifs is 3. The van der Waals surface area contributed by atoms with Crippen molar-refractivity contribution < 1.29 is 18.7 Å². The number of hydrogen-bond acceptors (Lipinski definition) is 5. The molecule has 0 unspecified atom stereocenters. The zero-order valence-corrected chi connectivity index (χ0v) is 22.4. The van der Waals surface area contributed by atoms with Crippen molar-refractivity contribution in [3.8, 4) is 11.1 Å². The van der Waals surface area contributed by atoms with Crippen LogP contribution in [0.15, 0.2) is 50.0 Å². The van der Waals surface area contributed by atoms with Gasteiger partial charge in [0.1, 0.15) is 16.9 Å². The summed E-state index contributed by atoms with van der Waals surface area (Å²) < 4.78 is 12.0. The maximum atomic E-state index is 13.2. The van der Waals surface area contributed by atoms with Gasteiger partial charge in [0.25, 0.3) is 0 Å². The number of carbonyl (C=O) groups excluding carboxylic acids is 1. The van der Waals surface area contributed by atoms with E-state index in [0.29, 0.717) is 37.1 Å². The van der Waals surface area contributed by atoms with Crippen molar-refractivity contribution in [1.29, 1.82) is 0 Å². The quantitative estimate of drug-likeness (QED) is 0.328. The van der Waals surface area contributed by atoms with Gasteiger partial charge in [0, 0.05) is 52.9 Å². The second kappa shape index (κ2) is 9.42. The fraction of sp³-hybridized carbons (Fsp3) is 0.438. The Bertz CT molecular complexity index is 1600. The van der Waals surface area contributed by atoms with Crippen LogP contribution in [0.25, 0.3) is 33.1 Å². The summed E-state index contributed by atoms with van der Waals surface area (Å²) in [5.74, 6) is 1.02. The predicted octanol–water partition coefficient (Wildman–Crippen LogP) is 6.22. The SMILES string of the molecule is Cc1oc2c(C)c3oc(=O)c(CCC(=O)N4CC[C@]5(O)CCCC[C@@H]5C4)c(C)c3cc2c1-c1ccccc1. The Labute approximate surface area is 222 Å². The molecule has 2 fully saturated rings. The van der Waals surface area contributed by atoms with Gasteiger partial charge in [-0.25, -0.2) is 4.79 Å². The van der Waals surface area contributed by atoms with Crippen LogP contribution in [0.1, 0.15) is 61.0 Å². The highest BCUT2D eigenvalue weighted by Gasteiger charge is 2.43. The first-order valence-corrected chi connectivity index (χ1v) is 13.8. The zero-order valence-electron chi connectivity index (χ0n) is 22.4. The fourth-order valence-corrected chi connectivity index (χ4v) is 6.81. The molecule has 1 amide bonds. The van der Waals surface area contributed by atoms with E-state index >= 15 is 0 Å². The molecule has 3 heterocycles. The summed E-state index contributed by atoms with van der Waals surface area (Å²) in [7, 11) is 0. The third-order valence-electron chi connectivity index (χ3n) is 9.07. The van der Waals surface area contributed by atoms with E-state index in [1.165, 1.54) is 0 Å². The van der Waals surface area contributed by atoms with Crippen molar-refractivity contribution in [2.24, 2.45) is 5.92 Å². The van der Waals surface area contributed by atoms with Crippen LogP contribution in [0, 0.1) is 26.7 Å². The first kappa shape index (κ1) is 24.9. The van der Waals surface area contributed by atoms with Gasteiger partial charge in [-0.3, -0.25) is 4.79 Å². The van der Waals surface area contributed by atoms with Gasteiger partial charge in [-0.05, 0) is 63.6 Å². The summed E-state index contributed by atoms with van der Waals surface area (Å²) in [4.78, 5) is 28.2. The van der Waals surface area contributed by atoms with Gasteiger partial charge >= 0.3 is 5.63 Å². The van der Waals surface area contributed by atoms with Gasteiger partial charge in [0.15, 0.2) is 0 Å². The van der Waals surface area contributed by atoms with Crippen molar-refractivity contribution in [2.45, 2.75) is 71.3 Å². The molecule has 6 heteroatoms. The molecule has 2 aliphatic rings. The molecule has 1 aliphatic heterocycles. The number of nitrogens with zero attached hydrogens (tertiary/aromatic N) is 1. The van der Waals surface area contributed by atoms with E-state index in [0.717, 1.165) is 70.1 Å². The lowest BCUT2D eigenvalue weighted by Gasteiger charge is -2.47. The van der Waals surface area contributed by atoms with Crippen LogP contribution in [0.2, 0.25) is 0 Å². The molecule has 2 aromatic carbocycles. The van der Waals surface area contributed by atoms with Gasteiger partial charge in [-0.15, -0.1) is 0 Å². The van der Waals surface area contributed by atoms with E-state index in [1.54, 1.807) is 0 Å². The Kier molecular flexibility index (Phi) is 6.18. The second-order valence-corrected chi connectivity index (χ2v) is 11.3. The molecule has 6 nitrogen and oxygen atoms in total. The maximum absolute atomic E-state index is 13.2. The Morgan fingerprint density at radius 3 is 2.58 bits per heavy atom. The van der Waals surface area contributed by atoms with Crippen LogP contribution < -0.4 is 5.63 Å². The molecule has 0 spiro atoms. The van der Waals surface area contributed by atoms with E-state index in [-0.39, 0.29) is 18.2 Å². The number of likely N-dealkylation sites (tertiary alicyclic amines) is 1. The van der Waals surface area contributed by atoms with Gasteiger partial charge in [0.05, 0.1) is 5.60 Å². The molecule has 1 aliphatic carbocycles. The van der Waals surface area contributed by atoms with Crippen LogP contribution in [0.3, 0.4) is 0 Å². The fourth-order valence-electron chi connectivity index (χ4n) is 6.81. The molecule has 38 heavy (non-hydrogen) atoms. The summed E-state index contributed by atoms with van der Waals surface area (Å²) in [5.41, 5.74) is 4.59. The number of aryl methyl sites for hydroxylation is 3. The number of aliphatic hydroxyl groups is 1. The third-order valence-corrected chi connectivity index (χ3v) is 9.07. The average Bonchev–Trinajstić information content (AvgIpc) is 3.25. The molecule has 2 aromatic heterocycles. The topological polar surface area (TPSA) is 83.9 Å². The van der Waals surface area contributed by atoms with Gasteiger partial charge in [-0.2, -0.15) is 0 Å².